The van der Waals surface area contributed by atoms with Gasteiger partial charge in [-0.15, -0.1) is 5.10 Å². The molecule has 0 saturated carbocycles. The third-order valence-electron chi connectivity index (χ3n) is 5.64. The van der Waals surface area contributed by atoms with E-state index in [4.69, 9.17) is 17.3 Å². The number of aliphatic hydroxyl groups is 1. The van der Waals surface area contributed by atoms with E-state index in [0.29, 0.717) is 16.2 Å². The van der Waals surface area contributed by atoms with E-state index in [-0.39, 0.29) is 34.6 Å². The van der Waals surface area contributed by atoms with Crippen LogP contribution in [0.15, 0.2) is 48.7 Å². The number of alkyl halides is 1. The van der Waals surface area contributed by atoms with Crippen LogP contribution in [-0.4, -0.2) is 38.3 Å². The molecule has 2 unspecified atom stereocenters. The molecule has 2 heterocycles. The van der Waals surface area contributed by atoms with Crippen molar-refractivity contribution in [1.82, 2.24) is 19.9 Å². The molecule has 2 atom stereocenters. The summed E-state index contributed by atoms with van der Waals surface area (Å²) in [6, 6.07) is 9.40. The van der Waals surface area contributed by atoms with Gasteiger partial charge in [0.25, 0.3) is 5.91 Å². The average Bonchev–Trinajstić information content (AvgIpc) is 3.21. The minimum absolute atomic E-state index is 0.0100. The molecule has 4 aromatic rings. The number of fused-ring (bicyclic) bond motifs is 1. The zero-order chi connectivity index (χ0) is 25.3. The van der Waals surface area contributed by atoms with Crippen LogP contribution in [0.1, 0.15) is 34.0 Å². The minimum atomic E-state index is -1.20. The number of halogens is 4. The van der Waals surface area contributed by atoms with Crippen molar-refractivity contribution in [3.8, 4) is 11.1 Å². The second kappa shape index (κ2) is 9.93. The van der Waals surface area contributed by atoms with E-state index < -0.39 is 36.4 Å². The van der Waals surface area contributed by atoms with Crippen molar-refractivity contribution in [2.24, 2.45) is 0 Å². The zero-order valence-corrected chi connectivity index (χ0v) is 19.2. The van der Waals surface area contributed by atoms with Crippen LogP contribution in [0, 0.1) is 18.6 Å². The normalized spacial score (nSPS) is 13.1. The summed E-state index contributed by atoms with van der Waals surface area (Å²) in [5.74, 6) is -3.14. The fourth-order valence-electron chi connectivity index (χ4n) is 3.74. The number of anilines is 1. The first-order valence-corrected chi connectivity index (χ1v) is 11.0. The lowest BCUT2D eigenvalue weighted by Gasteiger charge is -2.20. The first-order chi connectivity index (χ1) is 16.7. The molecule has 2 aromatic carbocycles. The molecular formula is C24H21ClF3N5O2. The predicted molar refractivity (Wildman–Crippen MR) is 126 cm³/mol. The van der Waals surface area contributed by atoms with Gasteiger partial charge in [0.1, 0.15) is 6.67 Å². The van der Waals surface area contributed by atoms with E-state index in [2.05, 4.69) is 15.4 Å². The van der Waals surface area contributed by atoms with Gasteiger partial charge in [-0.2, -0.15) is 4.98 Å². The molecule has 0 saturated heterocycles. The van der Waals surface area contributed by atoms with Crippen molar-refractivity contribution in [3.63, 3.8) is 0 Å². The highest BCUT2D eigenvalue weighted by molar-refractivity contribution is 6.30. The van der Waals surface area contributed by atoms with Crippen molar-refractivity contribution in [3.05, 3.63) is 82.0 Å². The van der Waals surface area contributed by atoms with Gasteiger partial charge in [0.2, 0.25) is 5.95 Å². The molecule has 2 aromatic heterocycles. The van der Waals surface area contributed by atoms with E-state index in [0.717, 1.165) is 0 Å². The molecule has 182 valence electrons. The number of benzene rings is 2. The Morgan fingerprint density at radius 2 is 1.91 bits per heavy atom. The number of nitrogen functional groups attached to an aromatic ring is 1. The smallest absolute Gasteiger partial charge is 0.251 e. The highest BCUT2D eigenvalue weighted by Gasteiger charge is 2.24. The van der Waals surface area contributed by atoms with E-state index in [1.807, 2.05) is 0 Å². The largest absolute Gasteiger partial charge is 0.388 e. The summed E-state index contributed by atoms with van der Waals surface area (Å²) in [4.78, 5) is 16.9. The Hall–Kier alpha value is -3.63. The SMILES string of the molecule is Cc1c(C(=O)NC(CF)CC(O)c2ccc(Cl)cc2)cc(-c2ccn3nc(N)nc3c2)c(F)c1F. The number of pyridine rings is 1. The number of carbonyl (C=O) groups excluding carboxylic acids is 1. The van der Waals surface area contributed by atoms with Gasteiger partial charge in [-0.3, -0.25) is 4.79 Å². The number of rotatable bonds is 7. The van der Waals surface area contributed by atoms with Crippen LogP contribution in [0.2, 0.25) is 5.02 Å². The lowest BCUT2D eigenvalue weighted by molar-refractivity contribution is 0.0895. The van der Waals surface area contributed by atoms with Crippen molar-refractivity contribution in [1.29, 1.82) is 0 Å². The first-order valence-electron chi connectivity index (χ1n) is 10.6. The number of aliphatic hydroxyl groups excluding tert-OH is 1. The third-order valence-corrected chi connectivity index (χ3v) is 5.90. The lowest BCUT2D eigenvalue weighted by Crippen LogP contribution is -2.38. The van der Waals surface area contributed by atoms with Crippen molar-refractivity contribution in [2.75, 3.05) is 12.4 Å². The molecule has 0 aliphatic heterocycles. The molecule has 0 spiro atoms. The van der Waals surface area contributed by atoms with Crippen LogP contribution in [0.3, 0.4) is 0 Å². The summed E-state index contributed by atoms with van der Waals surface area (Å²) >= 11 is 5.84. The summed E-state index contributed by atoms with van der Waals surface area (Å²) < 4.78 is 44.7. The number of hydrogen-bond donors (Lipinski definition) is 3. The van der Waals surface area contributed by atoms with Gasteiger partial charge in [0.15, 0.2) is 17.3 Å². The van der Waals surface area contributed by atoms with E-state index >= 15 is 0 Å². The molecule has 0 aliphatic rings. The summed E-state index contributed by atoms with van der Waals surface area (Å²) in [6.07, 6.45) is 0.268. The fraction of sp³-hybridized carbons (Fsp3) is 0.208. The predicted octanol–water partition coefficient (Wildman–Crippen LogP) is 4.41. The average molecular weight is 504 g/mol. The quantitative estimate of drug-likeness (QED) is 0.346. The Morgan fingerprint density at radius 3 is 2.60 bits per heavy atom. The maximum absolute atomic E-state index is 14.8. The molecule has 35 heavy (non-hydrogen) atoms. The lowest BCUT2D eigenvalue weighted by atomic mass is 9.97. The number of nitrogens with two attached hydrogens (primary N) is 1. The van der Waals surface area contributed by atoms with Gasteiger partial charge in [-0.1, -0.05) is 23.7 Å². The fourth-order valence-corrected chi connectivity index (χ4v) is 3.87. The van der Waals surface area contributed by atoms with E-state index in [9.17, 15) is 23.1 Å². The van der Waals surface area contributed by atoms with Gasteiger partial charge in [-0.05, 0) is 48.4 Å². The summed E-state index contributed by atoms with van der Waals surface area (Å²) in [6.45, 7) is 0.281. The number of nitrogens with zero attached hydrogens (tertiary/aromatic N) is 3. The van der Waals surface area contributed by atoms with Crippen LogP contribution in [0.5, 0.6) is 0 Å². The van der Waals surface area contributed by atoms with Crippen LogP contribution < -0.4 is 11.1 Å². The molecule has 4 rings (SSSR count). The van der Waals surface area contributed by atoms with Gasteiger partial charge >= 0.3 is 0 Å². The van der Waals surface area contributed by atoms with Crippen LogP contribution >= 0.6 is 11.6 Å². The van der Waals surface area contributed by atoms with E-state index in [1.165, 1.54) is 35.8 Å². The van der Waals surface area contributed by atoms with Crippen LogP contribution in [-0.2, 0) is 0 Å². The van der Waals surface area contributed by atoms with Crippen LogP contribution in [0.4, 0.5) is 19.1 Å². The molecule has 7 nitrogen and oxygen atoms in total. The molecule has 0 aliphatic carbocycles. The number of amides is 1. The second-order valence-electron chi connectivity index (χ2n) is 8.04. The molecule has 0 radical (unpaired) electrons. The Kier molecular flexibility index (Phi) is 6.95. The molecule has 0 bridgehead atoms. The molecule has 11 heteroatoms. The molecule has 0 fully saturated rings. The number of aromatic nitrogens is 3. The van der Waals surface area contributed by atoms with E-state index in [1.54, 1.807) is 24.3 Å². The summed E-state index contributed by atoms with van der Waals surface area (Å²) in [7, 11) is 0. The third kappa shape index (κ3) is 5.08. The molecular weight excluding hydrogens is 483 g/mol. The second-order valence-corrected chi connectivity index (χ2v) is 8.48. The molecule has 1 amide bonds. The van der Waals surface area contributed by atoms with Crippen molar-refractivity contribution in [2.45, 2.75) is 25.5 Å². The van der Waals surface area contributed by atoms with Gasteiger partial charge in [0.05, 0.1) is 12.1 Å². The molecule has 4 N–H and O–H groups in total. The van der Waals surface area contributed by atoms with Gasteiger partial charge in [0, 0.05) is 34.3 Å². The standard InChI is InChI=1S/C24H21ClF3N5O2/c1-12-17(23(35)30-16(11-26)9-19(34)13-2-4-15(25)5-3-13)10-18(22(28)21(12)27)14-6-7-33-20(8-14)31-24(29)32-33/h2-8,10,16,19,34H,9,11H2,1H3,(H2,29,32)(H,30,35). The zero-order valence-electron chi connectivity index (χ0n) is 18.5. The summed E-state index contributed by atoms with van der Waals surface area (Å²) in [5.41, 5.74) is 6.04. The topological polar surface area (TPSA) is 106 Å². The van der Waals surface area contributed by atoms with Crippen molar-refractivity contribution >= 4 is 29.1 Å². The number of hydrogen-bond acceptors (Lipinski definition) is 5. The maximum Gasteiger partial charge on any atom is 0.251 e. The highest BCUT2D eigenvalue weighted by Crippen LogP contribution is 2.30. The first kappa shape index (κ1) is 24.5. The minimum Gasteiger partial charge on any atom is -0.388 e. The Labute approximate surface area is 203 Å². The maximum atomic E-state index is 14.8. The Balaban J connectivity index is 1.60. The highest BCUT2D eigenvalue weighted by atomic mass is 35.5. The monoisotopic (exact) mass is 503 g/mol. The van der Waals surface area contributed by atoms with Gasteiger partial charge in [-0.25, -0.2) is 17.7 Å². The summed E-state index contributed by atoms with van der Waals surface area (Å²) in [5, 5.41) is 17.3. The Bertz CT molecular complexity index is 1390. The Morgan fingerprint density at radius 1 is 1.20 bits per heavy atom. The number of carbonyl (C=O) groups is 1. The number of nitrogens with one attached hydrogen (secondary N) is 1. The van der Waals surface area contributed by atoms with Gasteiger partial charge < -0.3 is 16.2 Å². The van der Waals surface area contributed by atoms with Crippen LogP contribution in [0.25, 0.3) is 16.8 Å². The van der Waals surface area contributed by atoms with Crippen molar-refractivity contribution < 1.29 is 23.1 Å².